The molecular formula is C11H18N3O2+. The van der Waals surface area contributed by atoms with Crippen LogP contribution in [0.15, 0.2) is 6.07 Å². The van der Waals surface area contributed by atoms with Crippen molar-refractivity contribution in [3.05, 3.63) is 11.9 Å². The van der Waals surface area contributed by atoms with Crippen LogP contribution in [0, 0.1) is 0 Å². The molecule has 0 aliphatic carbocycles. The quantitative estimate of drug-likeness (QED) is 0.781. The maximum atomic E-state index is 5.15. The molecule has 1 aliphatic heterocycles. The van der Waals surface area contributed by atoms with Gasteiger partial charge in [0, 0.05) is 18.8 Å². The lowest BCUT2D eigenvalue weighted by Crippen LogP contribution is -2.86. The molecule has 16 heavy (non-hydrogen) atoms. The molecule has 5 nitrogen and oxygen atoms in total. The summed E-state index contributed by atoms with van der Waals surface area (Å²) in [5, 5.41) is 2.33. The van der Waals surface area contributed by atoms with Gasteiger partial charge in [-0.15, -0.1) is 0 Å². The van der Waals surface area contributed by atoms with E-state index >= 15 is 0 Å². The summed E-state index contributed by atoms with van der Waals surface area (Å²) >= 11 is 0. The third-order valence-electron chi connectivity index (χ3n) is 2.92. The van der Waals surface area contributed by atoms with Crippen molar-refractivity contribution in [1.82, 2.24) is 9.97 Å². The summed E-state index contributed by atoms with van der Waals surface area (Å²) < 4.78 is 10.3. The van der Waals surface area contributed by atoms with Crippen molar-refractivity contribution < 1.29 is 14.8 Å². The predicted molar refractivity (Wildman–Crippen MR) is 58.8 cm³/mol. The fourth-order valence-electron chi connectivity index (χ4n) is 2.00. The van der Waals surface area contributed by atoms with Gasteiger partial charge in [-0.2, -0.15) is 9.97 Å². The second-order valence-corrected chi connectivity index (χ2v) is 3.95. The van der Waals surface area contributed by atoms with Gasteiger partial charge in [-0.05, 0) is 0 Å². The highest BCUT2D eigenvalue weighted by molar-refractivity contribution is 5.22. The van der Waals surface area contributed by atoms with E-state index in [4.69, 9.17) is 9.47 Å². The molecule has 0 spiro atoms. The topological polar surface area (TPSA) is 60.9 Å². The maximum Gasteiger partial charge on any atom is 0.220 e. The SMILES string of the molecule is COc1cc(OC)nc(C2CC[NH2+]CC2)n1. The monoisotopic (exact) mass is 224 g/mol. The predicted octanol–water partition coefficient (Wildman–Crippen LogP) is -0.0654. The molecule has 0 bridgehead atoms. The second-order valence-electron chi connectivity index (χ2n) is 3.95. The molecule has 1 saturated heterocycles. The Morgan fingerprint density at radius 2 is 1.69 bits per heavy atom. The van der Waals surface area contributed by atoms with Gasteiger partial charge in [0.15, 0.2) is 0 Å². The number of nitrogens with two attached hydrogens (primary N) is 1. The first-order valence-electron chi connectivity index (χ1n) is 5.62. The van der Waals surface area contributed by atoms with Crippen LogP contribution in [0.3, 0.4) is 0 Å². The molecule has 88 valence electrons. The molecule has 0 radical (unpaired) electrons. The van der Waals surface area contributed by atoms with Crippen molar-refractivity contribution >= 4 is 0 Å². The van der Waals surface area contributed by atoms with Gasteiger partial charge in [-0.1, -0.05) is 0 Å². The summed E-state index contributed by atoms with van der Waals surface area (Å²) in [6, 6.07) is 1.71. The van der Waals surface area contributed by atoms with Gasteiger partial charge in [0.05, 0.1) is 33.4 Å². The Bertz CT molecular complexity index is 329. The Kier molecular flexibility index (Phi) is 3.56. The molecular weight excluding hydrogens is 206 g/mol. The fraction of sp³-hybridized carbons (Fsp3) is 0.636. The van der Waals surface area contributed by atoms with Crippen molar-refractivity contribution in [2.24, 2.45) is 0 Å². The van der Waals surface area contributed by atoms with Crippen molar-refractivity contribution in [3.63, 3.8) is 0 Å². The number of piperidine rings is 1. The summed E-state index contributed by atoms with van der Waals surface area (Å²) in [4.78, 5) is 8.79. The standard InChI is InChI=1S/C11H17N3O2/c1-15-9-7-10(16-2)14-11(13-9)8-3-5-12-6-4-8/h7-8,12H,3-6H2,1-2H3/p+1. The lowest BCUT2D eigenvalue weighted by molar-refractivity contribution is -0.663. The summed E-state index contributed by atoms with van der Waals surface area (Å²) in [6.45, 7) is 2.29. The number of methoxy groups -OCH3 is 2. The van der Waals surface area contributed by atoms with Gasteiger partial charge < -0.3 is 14.8 Å². The second kappa shape index (κ2) is 5.12. The van der Waals surface area contributed by atoms with Gasteiger partial charge in [-0.3, -0.25) is 0 Å². The van der Waals surface area contributed by atoms with Crippen LogP contribution in [0.2, 0.25) is 0 Å². The fourth-order valence-corrected chi connectivity index (χ4v) is 2.00. The van der Waals surface area contributed by atoms with Crippen LogP contribution >= 0.6 is 0 Å². The third kappa shape index (κ3) is 2.41. The highest BCUT2D eigenvalue weighted by Gasteiger charge is 2.21. The number of nitrogens with zero attached hydrogens (tertiary/aromatic N) is 2. The molecule has 2 N–H and O–H groups in total. The van der Waals surface area contributed by atoms with E-state index in [-0.39, 0.29) is 0 Å². The van der Waals surface area contributed by atoms with E-state index in [0.29, 0.717) is 17.7 Å². The zero-order chi connectivity index (χ0) is 11.4. The van der Waals surface area contributed by atoms with Crippen LogP contribution in [0.4, 0.5) is 0 Å². The smallest absolute Gasteiger partial charge is 0.220 e. The Hall–Kier alpha value is -1.36. The highest BCUT2D eigenvalue weighted by Crippen LogP contribution is 2.24. The zero-order valence-corrected chi connectivity index (χ0v) is 9.77. The number of quaternary nitrogens is 1. The van der Waals surface area contributed by atoms with Crippen molar-refractivity contribution in [2.75, 3.05) is 27.3 Å². The number of ether oxygens (including phenoxy) is 2. The number of hydrogen-bond donors (Lipinski definition) is 1. The van der Waals surface area contributed by atoms with E-state index in [9.17, 15) is 0 Å². The van der Waals surface area contributed by atoms with Gasteiger partial charge >= 0.3 is 0 Å². The van der Waals surface area contributed by atoms with Crippen LogP contribution in [-0.4, -0.2) is 37.3 Å². The Morgan fingerprint density at radius 3 is 2.19 bits per heavy atom. The van der Waals surface area contributed by atoms with E-state index < -0.39 is 0 Å². The Labute approximate surface area is 95.2 Å². The summed E-state index contributed by atoms with van der Waals surface area (Å²) in [7, 11) is 3.22. The molecule has 2 heterocycles. The molecule has 1 aromatic heterocycles. The molecule has 0 unspecified atom stereocenters. The maximum absolute atomic E-state index is 5.15. The zero-order valence-electron chi connectivity index (χ0n) is 9.77. The Morgan fingerprint density at radius 1 is 1.12 bits per heavy atom. The van der Waals surface area contributed by atoms with Crippen LogP contribution in [0.1, 0.15) is 24.6 Å². The van der Waals surface area contributed by atoms with Crippen molar-refractivity contribution in [2.45, 2.75) is 18.8 Å². The molecule has 1 aromatic rings. The Balaban J connectivity index is 2.24. The first kappa shape index (κ1) is 11.1. The normalized spacial score (nSPS) is 17.1. The van der Waals surface area contributed by atoms with E-state index in [2.05, 4.69) is 15.3 Å². The lowest BCUT2D eigenvalue weighted by atomic mass is 9.97. The van der Waals surface area contributed by atoms with Crippen LogP contribution < -0.4 is 14.8 Å². The molecule has 5 heteroatoms. The third-order valence-corrected chi connectivity index (χ3v) is 2.92. The lowest BCUT2D eigenvalue weighted by Gasteiger charge is -2.19. The van der Waals surface area contributed by atoms with Crippen LogP contribution in [-0.2, 0) is 0 Å². The van der Waals surface area contributed by atoms with E-state index in [1.165, 1.54) is 0 Å². The molecule has 0 saturated carbocycles. The van der Waals surface area contributed by atoms with Crippen molar-refractivity contribution in [3.8, 4) is 11.8 Å². The minimum absolute atomic E-state index is 0.439. The van der Waals surface area contributed by atoms with E-state index in [1.807, 2.05) is 0 Å². The molecule has 1 fully saturated rings. The van der Waals surface area contributed by atoms with Gasteiger partial charge in [0.1, 0.15) is 5.82 Å². The van der Waals surface area contributed by atoms with Gasteiger partial charge in [0.2, 0.25) is 11.8 Å². The molecule has 0 atom stereocenters. The summed E-state index contributed by atoms with van der Waals surface area (Å²) in [6.07, 6.45) is 2.24. The van der Waals surface area contributed by atoms with Gasteiger partial charge in [-0.25, -0.2) is 0 Å². The number of hydrogen-bond acceptors (Lipinski definition) is 4. The number of rotatable bonds is 3. The first-order valence-corrected chi connectivity index (χ1v) is 5.62. The van der Waals surface area contributed by atoms with Crippen LogP contribution in [0.5, 0.6) is 11.8 Å². The summed E-state index contributed by atoms with van der Waals surface area (Å²) in [5.74, 6) is 2.45. The molecule has 0 amide bonds. The average Bonchev–Trinajstić information content (AvgIpc) is 2.39. The molecule has 2 rings (SSSR count). The molecule has 0 aromatic carbocycles. The van der Waals surface area contributed by atoms with E-state index in [0.717, 1.165) is 31.8 Å². The highest BCUT2D eigenvalue weighted by atomic mass is 16.5. The van der Waals surface area contributed by atoms with E-state index in [1.54, 1.807) is 20.3 Å². The van der Waals surface area contributed by atoms with Gasteiger partial charge in [0.25, 0.3) is 0 Å². The largest absolute Gasteiger partial charge is 0.481 e. The first-order chi connectivity index (χ1) is 7.83. The number of aromatic nitrogens is 2. The minimum Gasteiger partial charge on any atom is -0.481 e. The van der Waals surface area contributed by atoms with Crippen LogP contribution in [0.25, 0.3) is 0 Å². The average molecular weight is 224 g/mol. The summed E-state index contributed by atoms with van der Waals surface area (Å²) in [5.41, 5.74) is 0. The van der Waals surface area contributed by atoms with Crippen molar-refractivity contribution in [1.29, 1.82) is 0 Å². The molecule has 1 aliphatic rings. The minimum atomic E-state index is 0.439.